The number of allylic oxidation sites excluding steroid dienone is 1. The molecule has 288 valence electrons. The maximum absolute atomic E-state index is 6.97. The molecule has 1 aliphatic carbocycles. The Morgan fingerprint density at radius 2 is 1.25 bits per heavy atom. The van der Waals surface area contributed by atoms with E-state index in [-0.39, 0.29) is 5.41 Å². The number of hydrogen-bond donors (Lipinski definition) is 2. The second-order valence-corrected chi connectivity index (χ2v) is 16.6. The summed E-state index contributed by atoms with van der Waals surface area (Å²) in [6, 6.07) is 67.5. The smallest absolute Gasteiger partial charge is 0.136 e. The van der Waals surface area contributed by atoms with Crippen molar-refractivity contribution in [3.8, 4) is 33.4 Å². The third kappa shape index (κ3) is 5.85. The van der Waals surface area contributed by atoms with E-state index in [0.717, 1.165) is 44.3 Å². The van der Waals surface area contributed by atoms with E-state index in [9.17, 15) is 0 Å². The molecule has 0 spiro atoms. The molecule has 3 N–H and O–H groups in total. The Bertz CT molecular complexity index is 3320. The Kier molecular flexibility index (Phi) is 8.54. The Labute approximate surface area is 350 Å². The predicted molar refractivity (Wildman–Crippen MR) is 252 cm³/mol. The summed E-state index contributed by atoms with van der Waals surface area (Å²) in [5, 5.41) is 11.0. The summed E-state index contributed by atoms with van der Waals surface area (Å²) in [7, 11) is 0. The van der Waals surface area contributed by atoms with Gasteiger partial charge in [-0.1, -0.05) is 184 Å². The highest BCUT2D eigenvalue weighted by atomic mass is 16.3. The van der Waals surface area contributed by atoms with Gasteiger partial charge in [0.2, 0.25) is 0 Å². The van der Waals surface area contributed by atoms with E-state index in [1.807, 2.05) is 18.2 Å². The van der Waals surface area contributed by atoms with Crippen molar-refractivity contribution in [1.82, 2.24) is 5.32 Å². The quantitative estimate of drug-likeness (QED) is 0.151. The van der Waals surface area contributed by atoms with Gasteiger partial charge in [-0.05, 0) is 113 Å². The Morgan fingerprint density at radius 3 is 2.12 bits per heavy atom. The fourth-order valence-corrected chi connectivity index (χ4v) is 9.80. The van der Waals surface area contributed by atoms with Gasteiger partial charge in [-0.25, -0.2) is 0 Å². The van der Waals surface area contributed by atoms with Gasteiger partial charge in [0.1, 0.15) is 17.3 Å². The highest BCUT2D eigenvalue weighted by Gasteiger charge is 2.37. The fourth-order valence-electron chi connectivity index (χ4n) is 9.80. The minimum absolute atomic E-state index is 0.120. The zero-order valence-electron chi connectivity index (χ0n) is 33.7. The summed E-state index contributed by atoms with van der Waals surface area (Å²) in [6.45, 7) is 4.72. The van der Waals surface area contributed by atoms with Crippen molar-refractivity contribution < 1.29 is 4.42 Å². The van der Waals surface area contributed by atoms with Gasteiger partial charge in [0.25, 0.3) is 0 Å². The molecule has 0 bridgehead atoms. The molecule has 1 atom stereocenters. The molecule has 1 aromatic heterocycles. The van der Waals surface area contributed by atoms with Crippen LogP contribution >= 0.6 is 0 Å². The van der Waals surface area contributed by atoms with Crippen molar-refractivity contribution in [1.29, 1.82) is 0 Å². The number of hydrogen-bond acceptors (Lipinski definition) is 3. The van der Waals surface area contributed by atoms with E-state index in [1.165, 1.54) is 66.1 Å². The zero-order valence-corrected chi connectivity index (χ0v) is 33.7. The molecule has 3 nitrogen and oxygen atoms in total. The summed E-state index contributed by atoms with van der Waals surface area (Å²) in [5.41, 5.74) is 23.1. The van der Waals surface area contributed by atoms with Crippen LogP contribution in [0.5, 0.6) is 0 Å². The van der Waals surface area contributed by atoms with E-state index in [1.54, 1.807) is 0 Å². The lowest BCUT2D eigenvalue weighted by molar-refractivity contribution is 0.661. The summed E-state index contributed by atoms with van der Waals surface area (Å²) >= 11 is 0. The molecule has 1 unspecified atom stereocenters. The van der Waals surface area contributed by atoms with E-state index in [0.29, 0.717) is 6.42 Å². The lowest BCUT2D eigenvalue weighted by Gasteiger charge is -2.23. The molecule has 10 aromatic rings. The van der Waals surface area contributed by atoms with Crippen LogP contribution in [0.4, 0.5) is 0 Å². The summed E-state index contributed by atoms with van der Waals surface area (Å²) < 4.78 is 6.50. The van der Waals surface area contributed by atoms with Crippen LogP contribution in [0, 0.1) is 0 Å². The first kappa shape index (κ1) is 35.9. The minimum atomic E-state index is -0.407. The van der Waals surface area contributed by atoms with Crippen LogP contribution in [0.3, 0.4) is 0 Å². The van der Waals surface area contributed by atoms with Crippen LogP contribution in [-0.4, -0.2) is 0 Å². The first-order valence-electron chi connectivity index (χ1n) is 20.9. The fraction of sp³-hybridized carbons (Fsp3) is 0.0877. The molecule has 1 heterocycles. The van der Waals surface area contributed by atoms with Crippen molar-refractivity contribution in [2.24, 2.45) is 5.73 Å². The summed E-state index contributed by atoms with van der Waals surface area (Å²) in [6.07, 6.45) is 2.59. The van der Waals surface area contributed by atoms with Gasteiger partial charge in [0.05, 0.1) is 0 Å². The standard InChI is InChI=1S/C57H44N2O/c1-57(2)48-28-13-12-26-46(48)53-45-25-11-10-24-43(45)47(35-49(53)57)39-20-14-21-40(34-39)50(59-56(58)38-18-4-3-5-19-38)32-30-36-16-6-8-22-41(36)44-27-15-29-51-55(44)54-42-23-9-7-17-37(42)31-33-52(54)60-51/h3-29,31-35,56,59H,30,58H2,1-2H3/b50-32-. The Morgan fingerprint density at radius 1 is 0.567 bits per heavy atom. The molecule has 60 heavy (non-hydrogen) atoms. The molecule has 0 aliphatic heterocycles. The van der Waals surface area contributed by atoms with Gasteiger partial charge < -0.3 is 15.5 Å². The molecule has 9 aromatic carbocycles. The zero-order chi connectivity index (χ0) is 40.4. The highest BCUT2D eigenvalue weighted by Crippen LogP contribution is 2.53. The number of nitrogens with one attached hydrogen (secondary N) is 1. The first-order valence-corrected chi connectivity index (χ1v) is 20.9. The van der Waals surface area contributed by atoms with Gasteiger partial charge in [-0.2, -0.15) is 0 Å². The summed E-state index contributed by atoms with van der Waals surface area (Å²) in [5.74, 6) is 0. The largest absolute Gasteiger partial charge is 0.456 e. The van der Waals surface area contributed by atoms with Crippen molar-refractivity contribution >= 4 is 49.2 Å². The van der Waals surface area contributed by atoms with Crippen LogP contribution in [0.25, 0.3) is 82.6 Å². The maximum atomic E-state index is 6.97. The van der Waals surface area contributed by atoms with Crippen molar-refractivity contribution in [3.05, 3.63) is 222 Å². The molecule has 1 aliphatic rings. The highest BCUT2D eigenvalue weighted by molar-refractivity contribution is 6.22. The van der Waals surface area contributed by atoms with Gasteiger partial charge in [0.15, 0.2) is 0 Å². The van der Waals surface area contributed by atoms with E-state index in [4.69, 9.17) is 10.2 Å². The summed E-state index contributed by atoms with van der Waals surface area (Å²) in [4.78, 5) is 0. The van der Waals surface area contributed by atoms with Crippen molar-refractivity contribution in [2.45, 2.75) is 31.8 Å². The van der Waals surface area contributed by atoms with Crippen LogP contribution in [0.15, 0.2) is 199 Å². The number of nitrogens with two attached hydrogens (primary N) is 1. The molecule has 0 saturated carbocycles. The number of benzene rings is 9. The van der Waals surface area contributed by atoms with Crippen LogP contribution < -0.4 is 11.1 Å². The third-order valence-electron chi connectivity index (χ3n) is 12.8. The normalized spacial score (nSPS) is 13.8. The molecule has 0 radical (unpaired) electrons. The molecular weight excluding hydrogens is 729 g/mol. The van der Waals surface area contributed by atoms with Crippen molar-refractivity contribution in [3.63, 3.8) is 0 Å². The number of fused-ring (bicyclic) bond motifs is 10. The molecule has 11 rings (SSSR count). The molecule has 0 amide bonds. The third-order valence-corrected chi connectivity index (χ3v) is 12.8. The average Bonchev–Trinajstić information content (AvgIpc) is 3.80. The first-order chi connectivity index (χ1) is 29.4. The van der Waals surface area contributed by atoms with E-state index < -0.39 is 6.17 Å². The Balaban J connectivity index is 1.04. The topological polar surface area (TPSA) is 51.2 Å². The van der Waals surface area contributed by atoms with E-state index >= 15 is 0 Å². The second-order valence-electron chi connectivity index (χ2n) is 16.6. The van der Waals surface area contributed by atoms with Gasteiger partial charge in [-0.15, -0.1) is 0 Å². The molecular formula is C57H44N2O. The SMILES string of the molecule is CC1(C)c2ccccc2-c2c1cc(-c1cccc(/C(=C/Cc3ccccc3-c3cccc4oc5ccc6ccccc6c5c34)NC(N)c3ccccc3)c1)c1ccccc21. The van der Waals surface area contributed by atoms with Gasteiger partial charge in [-0.3, -0.25) is 0 Å². The molecule has 0 fully saturated rings. The van der Waals surface area contributed by atoms with Crippen LogP contribution in [0.2, 0.25) is 0 Å². The lowest BCUT2D eigenvalue weighted by Crippen LogP contribution is -2.27. The van der Waals surface area contributed by atoms with Crippen molar-refractivity contribution in [2.75, 3.05) is 0 Å². The monoisotopic (exact) mass is 772 g/mol. The number of rotatable bonds is 8. The molecule has 3 heteroatoms. The lowest BCUT2D eigenvalue weighted by atomic mass is 9.80. The van der Waals surface area contributed by atoms with Crippen LogP contribution in [-0.2, 0) is 11.8 Å². The maximum Gasteiger partial charge on any atom is 0.136 e. The Hall–Kier alpha value is -7.20. The minimum Gasteiger partial charge on any atom is -0.456 e. The van der Waals surface area contributed by atoms with Gasteiger partial charge in [0, 0.05) is 21.9 Å². The second kappa shape index (κ2) is 14.3. The number of furan rings is 1. The average molecular weight is 773 g/mol. The molecule has 0 saturated heterocycles. The van der Waals surface area contributed by atoms with E-state index in [2.05, 4.69) is 195 Å². The van der Waals surface area contributed by atoms with Gasteiger partial charge >= 0.3 is 0 Å². The predicted octanol–water partition coefficient (Wildman–Crippen LogP) is 14.4. The van der Waals surface area contributed by atoms with Crippen LogP contribution in [0.1, 0.15) is 47.8 Å².